The summed E-state index contributed by atoms with van der Waals surface area (Å²) in [5.41, 5.74) is 1.86. The van der Waals surface area contributed by atoms with E-state index in [-0.39, 0.29) is 30.3 Å². The van der Waals surface area contributed by atoms with Crippen LogP contribution in [0.4, 0.5) is 0 Å². The zero-order valence-corrected chi connectivity index (χ0v) is 14.3. The molecule has 2 amide bonds. The Bertz CT molecular complexity index is 549. The van der Waals surface area contributed by atoms with Crippen LogP contribution in [0.25, 0.3) is 0 Å². The van der Waals surface area contributed by atoms with Crippen molar-refractivity contribution in [3.8, 4) is 0 Å². The lowest BCUT2D eigenvalue weighted by Crippen LogP contribution is -2.57. The van der Waals surface area contributed by atoms with Crippen molar-refractivity contribution in [3.63, 3.8) is 0 Å². The largest absolute Gasteiger partial charge is 0.337 e. The highest BCUT2D eigenvalue weighted by Crippen LogP contribution is 2.21. The predicted molar refractivity (Wildman–Crippen MR) is 89.8 cm³/mol. The molecule has 2 aliphatic rings. The van der Waals surface area contributed by atoms with Crippen LogP contribution in [0.1, 0.15) is 28.8 Å². The van der Waals surface area contributed by atoms with Gasteiger partial charge in [0, 0.05) is 37.6 Å². The number of hydrogen-bond donors (Lipinski definition) is 1. The molecule has 1 unspecified atom stereocenters. The third-order valence-corrected chi connectivity index (χ3v) is 5.20. The van der Waals surface area contributed by atoms with Gasteiger partial charge >= 0.3 is 0 Å². The Labute approximate surface area is 141 Å². The number of halogens is 1. The number of carbonyl (C=O) groups is 2. The molecule has 1 atom stereocenters. The van der Waals surface area contributed by atoms with Gasteiger partial charge in [0.25, 0.3) is 5.91 Å². The van der Waals surface area contributed by atoms with Crippen LogP contribution >= 0.6 is 23.7 Å². The highest BCUT2D eigenvalue weighted by Gasteiger charge is 2.32. The van der Waals surface area contributed by atoms with Gasteiger partial charge in [0.05, 0.1) is 12.1 Å². The maximum absolute atomic E-state index is 12.6. The van der Waals surface area contributed by atoms with Crippen LogP contribution in [0.3, 0.4) is 0 Å². The molecule has 0 radical (unpaired) electrons. The first-order valence-corrected chi connectivity index (χ1v) is 8.43. The first-order chi connectivity index (χ1) is 10.2. The number of thiophene rings is 1. The number of carbonyl (C=O) groups excluding carboxylic acids is 2. The Balaban J connectivity index is 0.00000176. The molecule has 2 fully saturated rings. The van der Waals surface area contributed by atoms with E-state index in [9.17, 15) is 9.59 Å². The lowest BCUT2D eigenvalue weighted by Gasteiger charge is -2.41. The zero-order valence-electron chi connectivity index (χ0n) is 12.7. The van der Waals surface area contributed by atoms with Crippen molar-refractivity contribution < 1.29 is 9.59 Å². The fraction of sp³-hybridized carbons (Fsp3) is 0.600. The van der Waals surface area contributed by atoms with E-state index >= 15 is 0 Å². The molecular formula is C15H22ClN3O2S. The predicted octanol–water partition coefficient (Wildman–Crippen LogP) is 1.51. The van der Waals surface area contributed by atoms with Crippen LogP contribution < -0.4 is 5.32 Å². The summed E-state index contributed by atoms with van der Waals surface area (Å²) in [5, 5.41) is 7.03. The number of rotatable bonds is 2. The Hall–Kier alpha value is -1.11. The lowest BCUT2D eigenvalue weighted by molar-refractivity contribution is -0.135. The summed E-state index contributed by atoms with van der Waals surface area (Å²) in [6.07, 6.45) is 1.97. The standard InChI is InChI=1S/C15H21N3O2S.ClH/c1-11-9-21-10-13(11)15(20)17-5-2-3-12(8-17)18-6-4-16-7-14(18)19;/h9-10,12,16H,2-8H2,1H3;1H. The van der Waals surface area contributed by atoms with Crippen molar-refractivity contribution in [2.75, 3.05) is 32.7 Å². The molecule has 22 heavy (non-hydrogen) atoms. The van der Waals surface area contributed by atoms with Crippen LogP contribution in [0.15, 0.2) is 10.8 Å². The normalized spacial score (nSPS) is 22.4. The molecule has 0 aliphatic carbocycles. The molecule has 1 aromatic heterocycles. The minimum absolute atomic E-state index is 0. The minimum Gasteiger partial charge on any atom is -0.337 e. The smallest absolute Gasteiger partial charge is 0.255 e. The third-order valence-electron chi connectivity index (χ3n) is 4.34. The van der Waals surface area contributed by atoms with Crippen LogP contribution in [-0.4, -0.2) is 60.4 Å². The van der Waals surface area contributed by atoms with Crippen molar-refractivity contribution in [1.29, 1.82) is 0 Å². The number of piperazine rings is 1. The summed E-state index contributed by atoms with van der Waals surface area (Å²) in [4.78, 5) is 28.5. The number of likely N-dealkylation sites (tertiary alicyclic amines) is 1. The number of nitrogens with one attached hydrogen (secondary N) is 1. The Morgan fingerprint density at radius 3 is 2.86 bits per heavy atom. The fourth-order valence-corrected chi connectivity index (χ4v) is 3.97. The molecule has 7 heteroatoms. The molecule has 2 aliphatic heterocycles. The van der Waals surface area contributed by atoms with Gasteiger partial charge in [0.15, 0.2) is 0 Å². The number of aryl methyl sites for hydroxylation is 1. The van der Waals surface area contributed by atoms with Gasteiger partial charge in [0.1, 0.15) is 0 Å². The van der Waals surface area contributed by atoms with Crippen LogP contribution in [-0.2, 0) is 4.79 Å². The van der Waals surface area contributed by atoms with Gasteiger partial charge in [-0.15, -0.1) is 12.4 Å². The van der Waals surface area contributed by atoms with Gasteiger partial charge in [-0.1, -0.05) is 0 Å². The monoisotopic (exact) mass is 343 g/mol. The molecule has 5 nitrogen and oxygen atoms in total. The van der Waals surface area contributed by atoms with Crippen LogP contribution in [0, 0.1) is 6.92 Å². The summed E-state index contributed by atoms with van der Waals surface area (Å²) in [7, 11) is 0. The molecule has 122 valence electrons. The second-order valence-electron chi connectivity index (χ2n) is 5.78. The van der Waals surface area contributed by atoms with Crippen molar-refractivity contribution in [2.24, 2.45) is 0 Å². The van der Waals surface area contributed by atoms with E-state index in [2.05, 4.69) is 5.32 Å². The van der Waals surface area contributed by atoms with E-state index in [1.165, 1.54) is 0 Å². The van der Waals surface area contributed by atoms with Crippen molar-refractivity contribution in [1.82, 2.24) is 15.1 Å². The summed E-state index contributed by atoms with van der Waals surface area (Å²) in [6.45, 7) is 5.46. The quantitative estimate of drug-likeness (QED) is 0.885. The highest BCUT2D eigenvalue weighted by molar-refractivity contribution is 7.08. The summed E-state index contributed by atoms with van der Waals surface area (Å²) >= 11 is 1.57. The topological polar surface area (TPSA) is 52.7 Å². The van der Waals surface area contributed by atoms with E-state index in [4.69, 9.17) is 0 Å². The maximum atomic E-state index is 12.6. The first kappa shape index (κ1) is 17.2. The van der Waals surface area contributed by atoms with E-state index < -0.39 is 0 Å². The van der Waals surface area contributed by atoms with E-state index in [0.717, 1.165) is 43.6 Å². The minimum atomic E-state index is 0. The van der Waals surface area contributed by atoms with E-state index in [1.54, 1.807) is 11.3 Å². The second kappa shape index (κ2) is 7.44. The Kier molecular flexibility index (Phi) is 5.83. The van der Waals surface area contributed by atoms with Gasteiger partial charge < -0.3 is 15.1 Å². The number of nitrogens with zero attached hydrogens (tertiary/aromatic N) is 2. The summed E-state index contributed by atoms with van der Waals surface area (Å²) in [6, 6.07) is 0.177. The van der Waals surface area contributed by atoms with Crippen LogP contribution in [0.2, 0.25) is 0 Å². The van der Waals surface area contributed by atoms with Gasteiger partial charge in [-0.25, -0.2) is 0 Å². The number of hydrogen-bond acceptors (Lipinski definition) is 4. The van der Waals surface area contributed by atoms with Gasteiger partial charge in [-0.2, -0.15) is 11.3 Å². The SMILES string of the molecule is Cc1cscc1C(=O)N1CCCC(N2CCNCC2=O)C1.Cl. The number of amides is 2. The van der Waals surface area contributed by atoms with E-state index in [1.807, 2.05) is 27.5 Å². The zero-order chi connectivity index (χ0) is 14.8. The summed E-state index contributed by atoms with van der Waals surface area (Å²) < 4.78 is 0. The van der Waals surface area contributed by atoms with Crippen molar-refractivity contribution in [3.05, 3.63) is 21.9 Å². The fourth-order valence-electron chi connectivity index (χ4n) is 3.15. The molecule has 0 aromatic carbocycles. The summed E-state index contributed by atoms with van der Waals surface area (Å²) in [5.74, 6) is 0.272. The van der Waals surface area contributed by atoms with Crippen LogP contribution in [0.5, 0.6) is 0 Å². The highest BCUT2D eigenvalue weighted by atomic mass is 35.5. The van der Waals surface area contributed by atoms with Gasteiger partial charge in [-0.05, 0) is 30.7 Å². The first-order valence-electron chi connectivity index (χ1n) is 7.49. The molecule has 1 N–H and O–H groups in total. The molecule has 0 spiro atoms. The molecule has 3 heterocycles. The van der Waals surface area contributed by atoms with Crippen molar-refractivity contribution >= 4 is 35.6 Å². The molecule has 2 saturated heterocycles. The lowest BCUT2D eigenvalue weighted by atomic mass is 10.0. The molecule has 0 bridgehead atoms. The maximum Gasteiger partial charge on any atom is 0.255 e. The number of piperidine rings is 1. The van der Waals surface area contributed by atoms with E-state index in [0.29, 0.717) is 13.1 Å². The molecule has 1 aromatic rings. The molecule has 3 rings (SSSR count). The average molecular weight is 344 g/mol. The average Bonchev–Trinajstić information content (AvgIpc) is 2.93. The second-order valence-corrected chi connectivity index (χ2v) is 6.52. The molecular weight excluding hydrogens is 322 g/mol. The molecule has 0 saturated carbocycles. The Morgan fingerprint density at radius 2 is 2.18 bits per heavy atom. The van der Waals surface area contributed by atoms with Gasteiger partial charge in [-0.3, -0.25) is 9.59 Å². The van der Waals surface area contributed by atoms with Gasteiger partial charge in [0.2, 0.25) is 5.91 Å². The Morgan fingerprint density at radius 1 is 1.36 bits per heavy atom. The van der Waals surface area contributed by atoms with Crippen molar-refractivity contribution in [2.45, 2.75) is 25.8 Å². The third kappa shape index (κ3) is 3.45.